The summed E-state index contributed by atoms with van der Waals surface area (Å²) >= 11 is 0. The van der Waals surface area contributed by atoms with Crippen LogP contribution in [0, 0.1) is 10.1 Å². The molecule has 0 aliphatic rings. The molecule has 0 fully saturated rings. The molecule has 0 atom stereocenters. The SMILES string of the molecule is O=COc1ccc(C(=O)O)cc1[N+](=O)[O-]. The first kappa shape index (κ1) is 10.6. The van der Waals surface area contributed by atoms with Gasteiger partial charge in [0.15, 0.2) is 0 Å². The maximum Gasteiger partial charge on any atom is 0.335 e. The highest BCUT2D eigenvalue weighted by molar-refractivity contribution is 5.89. The van der Waals surface area contributed by atoms with Gasteiger partial charge in [-0.1, -0.05) is 0 Å². The zero-order chi connectivity index (χ0) is 11.4. The van der Waals surface area contributed by atoms with Crippen LogP contribution >= 0.6 is 0 Å². The van der Waals surface area contributed by atoms with Gasteiger partial charge in [0.1, 0.15) is 0 Å². The van der Waals surface area contributed by atoms with Crippen LogP contribution in [0.25, 0.3) is 0 Å². The molecule has 0 unspecified atom stereocenters. The van der Waals surface area contributed by atoms with E-state index in [2.05, 4.69) is 4.74 Å². The first-order valence-electron chi connectivity index (χ1n) is 3.68. The summed E-state index contributed by atoms with van der Waals surface area (Å²) < 4.78 is 4.32. The molecule has 1 aromatic rings. The van der Waals surface area contributed by atoms with Crippen LogP contribution in [-0.4, -0.2) is 22.5 Å². The Morgan fingerprint density at radius 2 is 2.20 bits per heavy atom. The van der Waals surface area contributed by atoms with Crippen LogP contribution in [-0.2, 0) is 4.79 Å². The molecule has 0 amide bonds. The smallest absolute Gasteiger partial charge is 0.335 e. The Bertz CT molecular complexity index is 427. The van der Waals surface area contributed by atoms with Crippen LogP contribution in [0.1, 0.15) is 10.4 Å². The first-order valence-corrected chi connectivity index (χ1v) is 3.68. The van der Waals surface area contributed by atoms with E-state index in [9.17, 15) is 19.7 Å². The summed E-state index contributed by atoms with van der Waals surface area (Å²) in [5.41, 5.74) is -0.818. The molecule has 0 saturated heterocycles. The molecule has 7 heteroatoms. The number of nitro groups is 1. The molecule has 15 heavy (non-hydrogen) atoms. The number of carbonyl (C=O) groups is 2. The Morgan fingerprint density at radius 3 is 2.67 bits per heavy atom. The van der Waals surface area contributed by atoms with E-state index in [-0.39, 0.29) is 17.8 Å². The Hall–Kier alpha value is -2.44. The molecular formula is C8H5NO6. The fourth-order valence-electron chi connectivity index (χ4n) is 0.945. The first-order chi connectivity index (χ1) is 7.06. The van der Waals surface area contributed by atoms with Crippen molar-refractivity contribution < 1.29 is 24.4 Å². The Morgan fingerprint density at radius 1 is 1.53 bits per heavy atom. The fraction of sp³-hybridized carbons (Fsp3) is 0. The van der Waals surface area contributed by atoms with Crippen LogP contribution in [0.5, 0.6) is 5.75 Å². The number of hydrogen-bond donors (Lipinski definition) is 1. The third kappa shape index (κ3) is 2.27. The van der Waals surface area contributed by atoms with E-state index in [1.54, 1.807) is 0 Å². The number of benzene rings is 1. The van der Waals surface area contributed by atoms with Gasteiger partial charge in [-0.15, -0.1) is 0 Å². The molecule has 0 spiro atoms. The second kappa shape index (κ2) is 4.18. The summed E-state index contributed by atoms with van der Waals surface area (Å²) in [5.74, 6) is -1.59. The number of rotatable bonds is 4. The lowest BCUT2D eigenvalue weighted by Crippen LogP contribution is -2.00. The molecule has 0 aliphatic carbocycles. The maximum atomic E-state index is 10.5. The quantitative estimate of drug-likeness (QED) is 0.449. The zero-order valence-electron chi connectivity index (χ0n) is 7.25. The lowest BCUT2D eigenvalue weighted by atomic mass is 10.2. The van der Waals surface area contributed by atoms with Crippen molar-refractivity contribution in [1.82, 2.24) is 0 Å². The van der Waals surface area contributed by atoms with E-state index < -0.39 is 16.6 Å². The minimum atomic E-state index is -1.30. The van der Waals surface area contributed by atoms with Gasteiger partial charge in [0, 0.05) is 6.07 Å². The van der Waals surface area contributed by atoms with E-state index in [4.69, 9.17) is 5.11 Å². The largest absolute Gasteiger partial charge is 0.478 e. The van der Waals surface area contributed by atoms with Crippen molar-refractivity contribution in [3.63, 3.8) is 0 Å². The summed E-state index contributed by atoms with van der Waals surface area (Å²) in [5, 5.41) is 19.1. The summed E-state index contributed by atoms with van der Waals surface area (Å²) in [6, 6.07) is 2.98. The maximum absolute atomic E-state index is 10.5. The van der Waals surface area contributed by atoms with E-state index in [1.807, 2.05) is 0 Å². The summed E-state index contributed by atoms with van der Waals surface area (Å²) in [6.07, 6.45) is 0. The highest BCUT2D eigenvalue weighted by Crippen LogP contribution is 2.27. The molecule has 1 rings (SSSR count). The third-order valence-corrected chi connectivity index (χ3v) is 1.58. The van der Waals surface area contributed by atoms with Crippen LogP contribution in [0.3, 0.4) is 0 Å². The van der Waals surface area contributed by atoms with Crippen molar-refractivity contribution in [3.05, 3.63) is 33.9 Å². The Kier molecular flexibility index (Phi) is 2.97. The minimum absolute atomic E-state index is 0.0305. The van der Waals surface area contributed by atoms with Crippen molar-refractivity contribution in [2.45, 2.75) is 0 Å². The monoisotopic (exact) mass is 211 g/mol. The number of hydrogen-bond acceptors (Lipinski definition) is 5. The molecule has 1 aromatic carbocycles. The third-order valence-electron chi connectivity index (χ3n) is 1.58. The zero-order valence-corrected chi connectivity index (χ0v) is 7.25. The number of carbonyl (C=O) groups excluding carboxylic acids is 1. The molecule has 0 aromatic heterocycles. The molecular weight excluding hydrogens is 206 g/mol. The van der Waals surface area contributed by atoms with E-state index in [0.717, 1.165) is 18.2 Å². The van der Waals surface area contributed by atoms with Crippen LogP contribution in [0.15, 0.2) is 18.2 Å². The predicted molar refractivity (Wildman–Crippen MR) is 46.7 cm³/mol. The lowest BCUT2D eigenvalue weighted by Gasteiger charge is -2.00. The number of carboxylic acids is 1. The van der Waals surface area contributed by atoms with E-state index >= 15 is 0 Å². The average Bonchev–Trinajstić information content (AvgIpc) is 2.18. The lowest BCUT2D eigenvalue weighted by molar-refractivity contribution is -0.385. The van der Waals surface area contributed by atoms with Gasteiger partial charge in [-0.2, -0.15) is 0 Å². The number of carboxylic acid groups (broad SMARTS) is 1. The molecule has 78 valence electrons. The molecule has 0 saturated carbocycles. The average molecular weight is 211 g/mol. The topological polar surface area (TPSA) is 107 Å². The van der Waals surface area contributed by atoms with Crippen LogP contribution < -0.4 is 4.74 Å². The highest BCUT2D eigenvalue weighted by Gasteiger charge is 2.18. The van der Waals surface area contributed by atoms with E-state index in [1.165, 1.54) is 0 Å². The normalized spacial score (nSPS) is 9.33. The summed E-state index contributed by atoms with van der Waals surface area (Å²) in [4.78, 5) is 30.2. The summed E-state index contributed by atoms with van der Waals surface area (Å²) in [7, 11) is 0. The Balaban J connectivity index is 3.26. The Labute approximate surface area is 83.0 Å². The van der Waals surface area contributed by atoms with Gasteiger partial charge in [0.05, 0.1) is 10.5 Å². The van der Waals surface area contributed by atoms with Gasteiger partial charge in [-0.3, -0.25) is 14.9 Å². The number of ether oxygens (including phenoxy) is 1. The van der Waals surface area contributed by atoms with Gasteiger partial charge in [-0.05, 0) is 12.1 Å². The van der Waals surface area contributed by atoms with Crippen LogP contribution in [0.4, 0.5) is 5.69 Å². The van der Waals surface area contributed by atoms with Gasteiger partial charge in [-0.25, -0.2) is 4.79 Å². The fourth-order valence-corrected chi connectivity index (χ4v) is 0.945. The van der Waals surface area contributed by atoms with Crippen molar-refractivity contribution in [1.29, 1.82) is 0 Å². The molecule has 1 N–H and O–H groups in total. The van der Waals surface area contributed by atoms with E-state index in [0.29, 0.717) is 0 Å². The standard InChI is InChI=1S/C8H5NO6/c10-4-15-7-2-1-5(8(11)12)3-6(7)9(13)14/h1-4H,(H,11,12). The van der Waals surface area contributed by atoms with Gasteiger partial charge in [0.2, 0.25) is 5.75 Å². The molecule has 0 aliphatic heterocycles. The number of nitro benzene ring substituents is 1. The van der Waals surface area contributed by atoms with Gasteiger partial charge in [0.25, 0.3) is 6.47 Å². The number of aromatic carboxylic acids is 1. The van der Waals surface area contributed by atoms with Gasteiger partial charge < -0.3 is 9.84 Å². The second-order valence-electron chi connectivity index (χ2n) is 2.46. The highest BCUT2D eigenvalue weighted by atomic mass is 16.6. The van der Waals surface area contributed by atoms with Crippen molar-refractivity contribution in [2.75, 3.05) is 0 Å². The predicted octanol–water partition coefficient (Wildman–Crippen LogP) is 0.828. The molecule has 0 heterocycles. The molecule has 7 nitrogen and oxygen atoms in total. The summed E-state index contributed by atoms with van der Waals surface area (Å²) in [6.45, 7) is 0.0305. The number of nitrogens with zero attached hydrogens (tertiary/aromatic N) is 1. The van der Waals surface area contributed by atoms with Crippen molar-refractivity contribution in [3.8, 4) is 5.75 Å². The van der Waals surface area contributed by atoms with Gasteiger partial charge >= 0.3 is 11.7 Å². The van der Waals surface area contributed by atoms with Crippen molar-refractivity contribution in [2.24, 2.45) is 0 Å². The van der Waals surface area contributed by atoms with Crippen molar-refractivity contribution >= 4 is 18.1 Å². The van der Waals surface area contributed by atoms with Crippen LogP contribution in [0.2, 0.25) is 0 Å². The molecule has 0 bridgehead atoms. The second-order valence-corrected chi connectivity index (χ2v) is 2.46. The molecule has 0 radical (unpaired) electrons. The minimum Gasteiger partial charge on any atom is -0.478 e.